The van der Waals surface area contributed by atoms with Gasteiger partial charge in [-0.3, -0.25) is 0 Å². The van der Waals surface area contributed by atoms with Crippen LogP contribution < -0.4 is 0 Å². The van der Waals surface area contributed by atoms with Crippen LogP contribution in [0.25, 0.3) is 10.4 Å². The first-order chi connectivity index (χ1) is 13.7. The average Bonchev–Trinajstić information content (AvgIpc) is 2.73. The highest BCUT2D eigenvalue weighted by Crippen LogP contribution is 2.41. The van der Waals surface area contributed by atoms with Gasteiger partial charge < -0.3 is 14.2 Å². The van der Waals surface area contributed by atoms with Crippen LogP contribution in [0.5, 0.6) is 0 Å². The van der Waals surface area contributed by atoms with Gasteiger partial charge in [0.2, 0.25) is 0 Å². The summed E-state index contributed by atoms with van der Waals surface area (Å²) in [6.07, 6.45) is -3.59. The number of azide groups is 1. The van der Waals surface area contributed by atoms with Crippen LogP contribution in [0, 0.1) is 6.92 Å². The van der Waals surface area contributed by atoms with Crippen LogP contribution >= 0.6 is 11.8 Å². The first-order valence-electron chi connectivity index (χ1n) is 9.05. The van der Waals surface area contributed by atoms with E-state index in [1.54, 1.807) is 0 Å². The summed E-state index contributed by atoms with van der Waals surface area (Å²) in [6, 6.07) is 16.2. The number of nitrogens with zero attached hydrogens (tertiary/aromatic N) is 3. The summed E-state index contributed by atoms with van der Waals surface area (Å²) in [4.78, 5) is 3.75. The van der Waals surface area contributed by atoms with Crippen LogP contribution in [-0.4, -0.2) is 36.5 Å². The van der Waals surface area contributed by atoms with E-state index < -0.39 is 36.1 Å². The summed E-state index contributed by atoms with van der Waals surface area (Å²) in [7, 11) is 0. The number of aryl methyl sites for hydroxylation is 1. The third-order valence-corrected chi connectivity index (χ3v) is 5.98. The molecule has 6 atom stereocenters. The first kappa shape index (κ1) is 19.2. The third kappa shape index (κ3) is 4.01. The number of halogens is 1. The number of hydrogen-bond donors (Lipinski definition) is 0. The zero-order chi connectivity index (χ0) is 19.5. The van der Waals surface area contributed by atoms with E-state index in [9.17, 15) is 0 Å². The standard InChI is InChI=1S/C20H20FN3O3S/c1-12-7-9-14(10-8-12)28-20-17(23-24-22)16(21)18-15(26-20)11-25-19(27-18)13-5-3-2-4-6-13/h2-10,15-20H,11H2,1H3/t15-,16-,17?,18?,19?,20+/m1/s1. The van der Waals surface area contributed by atoms with Crippen LogP contribution in [-0.2, 0) is 14.2 Å². The van der Waals surface area contributed by atoms with E-state index >= 15 is 4.39 Å². The fourth-order valence-electron chi connectivity index (χ4n) is 3.35. The molecule has 2 saturated heterocycles. The second-order valence-electron chi connectivity index (χ2n) is 6.79. The predicted molar refractivity (Wildman–Crippen MR) is 104 cm³/mol. The van der Waals surface area contributed by atoms with Gasteiger partial charge in [0.05, 0.1) is 6.61 Å². The van der Waals surface area contributed by atoms with Crippen molar-refractivity contribution in [1.82, 2.24) is 0 Å². The van der Waals surface area contributed by atoms with Crippen molar-refractivity contribution in [1.29, 1.82) is 0 Å². The minimum absolute atomic E-state index is 0.207. The van der Waals surface area contributed by atoms with Gasteiger partial charge >= 0.3 is 0 Å². The monoisotopic (exact) mass is 401 g/mol. The Kier molecular flexibility index (Phi) is 5.85. The van der Waals surface area contributed by atoms with E-state index in [-0.39, 0.29) is 6.61 Å². The molecule has 2 aromatic carbocycles. The summed E-state index contributed by atoms with van der Waals surface area (Å²) in [5, 5.41) is 3.69. The summed E-state index contributed by atoms with van der Waals surface area (Å²) >= 11 is 1.34. The summed E-state index contributed by atoms with van der Waals surface area (Å²) < 4.78 is 33.0. The van der Waals surface area contributed by atoms with E-state index in [4.69, 9.17) is 19.7 Å². The average molecular weight is 401 g/mol. The second kappa shape index (κ2) is 8.51. The Morgan fingerprint density at radius 2 is 1.86 bits per heavy atom. The number of alkyl halides is 1. The minimum Gasteiger partial charge on any atom is -0.358 e. The van der Waals surface area contributed by atoms with Crippen molar-refractivity contribution in [2.75, 3.05) is 6.61 Å². The van der Waals surface area contributed by atoms with Gasteiger partial charge in [-0.15, -0.1) is 0 Å². The van der Waals surface area contributed by atoms with Crippen molar-refractivity contribution in [3.8, 4) is 0 Å². The number of hydrogen-bond acceptors (Lipinski definition) is 5. The maximum absolute atomic E-state index is 15.3. The van der Waals surface area contributed by atoms with E-state index in [0.29, 0.717) is 0 Å². The van der Waals surface area contributed by atoms with Gasteiger partial charge in [0, 0.05) is 15.4 Å². The Balaban J connectivity index is 1.52. The molecule has 8 heteroatoms. The van der Waals surface area contributed by atoms with Crippen LogP contribution in [0.15, 0.2) is 64.6 Å². The SMILES string of the molecule is Cc1ccc(S[C@@H]2O[C@@H]3COC(c4ccccc4)OC3[C@H](F)C2N=[N+]=[N-])cc1. The molecule has 0 aliphatic carbocycles. The summed E-state index contributed by atoms with van der Waals surface area (Å²) in [6.45, 7) is 2.20. The van der Waals surface area contributed by atoms with Gasteiger partial charge in [0.1, 0.15) is 29.9 Å². The van der Waals surface area contributed by atoms with Gasteiger partial charge in [-0.25, -0.2) is 4.39 Å². The molecule has 0 spiro atoms. The van der Waals surface area contributed by atoms with Crippen molar-refractivity contribution >= 4 is 11.8 Å². The van der Waals surface area contributed by atoms with Gasteiger partial charge in [-0.05, 0) is 24.6 Å². The molecule has 3 unspecified atom stereocenters. The maximum atomic E-state index is 15.3. The number of benzene rings is 2. The highest BCUT2D eigenvalue weighted by Gasteiger charge is 2.50. The van der Waals surface area contributed by atoms with Crippen LogP contribution in [0.1, 0.15) is 17.4 Å². The van der Waals surface area contributed by atoms with Gasteiger partial charge in [-0.1, -0.05) is 64.9 Å². The molecule has 2 heterocycles. The number of thioether (sulfide) groups is 1. The predicted octanol–water partition coefficient (Wildman–Crippen LogP) is 4.94. The Morgan fingerprint density at radius 1 is 1.11 bits per heavy atom. The Morgan fingerprint density at radius 3 is 2.57 bits per heavy atom. The first-order valence-corrected chi connectivity index (χ1v) is 9.93. The van der Waals surface area contributed by atoms with Gasteiger partial charge in [0.15, 0.2) is 6.29 Å². The zero-order valence-corrected chi connectivity index (χ0v) is 16.0. The molecule has 2 aliphatic rings. The number of fused-ring (bicyclic) bond motifs is 1. The van der Waals surface area contributed by atoms with E-state index in [1.165, 1.54) is 11.8 Å². The van der Waals surface area contributed by atoms with E-state index in [2.05, 4.69) is 10.0 Å². The molecule has 0 radical (unpaired) electrons. The Hall–Kier alpha value is -2.09. The molecule has 0 saturated carbocycles. The molecule has 28 heavy (non-hydrogen) atoms. The summed E-state index contributed by atoms with van der Waals surface area (Å²) in [5.41, 5.74) is 10.2. The Labute approximate surface area is 166 Å². The molecule has 4 rings (SSSR count). The lowest BCUT2D eigenvalue weighted by atomic mass is 9.98. The van der Waals surface area contributed by atoms with Gasteiger partial charge in [-0.2, -0.15) is 0 Å². The van der Waals surface area contributed by atoms with E-state index in [1.807, 2.05) is 61.5 Å². The molecule has 6 nitrogen and oxygen atoms in total. The van der Waals surface area contributed by atoms with Gasteiger partial charge in [0.25, 0.3) is 0 Å². The van der Waals surface area contributed by atoms with Crippen LogP contribution in [0.3, 0.4) is 0 Å². The molecular formula is C20H20FN3O3S. The fraction of sp³-hybridized carbons (Fsp3) is 0.400. The second-order valence-corrected chi connectivity index (χ2v) is 7.96. The van der Waals surface area contributed by atoms with Crippen molar-refractivity contribution < 1.29 is 18.6 Å². The number of rotatable bonds is 4. The summed E-state index contributed by atoms with van der Waals surface area (Å²) in [5.74, 6) is 0. The van der Waals surface area contributed by atoms with Crippen molar-refractivity contribution in [3.63, 3.8) is 0 Å². The van der Waals surface area contributed by atoms with E-state index in [0.717, 1.165) is 16.0 Å². The van der Waals surface area contributed by atoms with Crippen molar-refractivity contribution in [2.45, 2.75) is 48.0 Å². The molecule has 0 aromatic heterocycles. The zero-order valence-electron chi connectivity index (χ0n) is 15.2. The van der Waals surface area contributed by atoms with Crippen molar-refractivity contribution in [3.05, 3.63) is 76.2 Å². The molecule has 0 bridgehead atoms. The van der Waals surface area contributed by atoms with Crippen LogP contribution in [0.2, 0.25) is 0 Å². The molecule has 2 aliphatic heterocycles. The Bertz CT molecular complexity index is 848. The molecular weight excluding hydrogens is 381 g/mol. The molecule has 2 aromatic rings. The highest BCUT2D eigenvalue weighted by molar-refractivity contribution is 7.99. The molecule has 0 N–H and O–H groups in total. The molecule has 146 valence electrons. The smallest absolute Gasteiger partial charge is 0.184 e. The lowest BCUT2D eigenvalue weighted by Gasteiger charge is -2.45. The lowest BCUT2D eigenvalue weighted by molar-refractivity contribution is -0.297. The van der Waals surface area contributed by atoms with Crippen molar-refractivity contribution in [2.24, 2.45) is 5.11 Å². The normalized spacial score (nSPS) is 32.2. The lowest BCUT2D eigenvalue weighted by Crippen LogP contribution is -2.58. The molecule has 2 fully saturated rings. The topological polar surface area (TPSA) is 76.5 Å². The maximum Gasteiger partial charge on any atom is 0.184 e. The quantitative estimate of drug-likeness (QED) is 0.413. The third-order valence-electron chi connectivity index (χ3n) is 4.82. The van der Waals surface area contributed by atoms with Crippen LogP contribution in [0.4, 0.5) is 4.39 Å². The highest BCUT2D eigenvalue weighted by atomic mass is 32.2. The fourth-order valence-corrected chi connectivity index (χ4v) is 4.46. The largest absolute Gasteiger partial charge is 0.358 e. The molecule has 0 amide bonds. The minimum atomic E-state index is -1.49. The number of ether oxygens (including phenoxy) is 3.